The number of sulfonamides is 1. The number of nitrogens with one attached hydrogen (secondary N) is 2. The summed E-state index contributed by atoms with van der Waals surface area (Å²) < 4.78 is 54.1. The molecule has 0 aliphatic heterocycles. The van der Waals surface area contributed by atoms with Crippen molar-refractivity contribution >= 4 is 10.0 Å². The van der Waals surface area contributed by atoms with Gasteiger partial charge in [0.15, 0.2) is 0 Å². The molecule has 2 aromatic carbocycles. The van der Waals surface area contributed by atoms with Gasteiger partial charge in [-0.2, -0.15) is 0 Å². The number of aromatic amines is 1. The van der Waals surface area contributed by atoms with E-state index >= 15 is 0 Å². The fourth-order valence-corrected chi connectivity index (χ4v) is 3.87. The van der Waals surface area contributed by atoms with Crippen molar-refractivity contribution < 1.29 is 17.2 Å². The summed E-state index contributed by atoms with van der Waals surface area (Å²) in [7, 11) is -4.11. The standard InChI is InChI=1S/C18H17F2N3O2S/c1-2-16(18-21-11-17(22-18)12-6-4-3-5-7-12)23-26(24,25)15-9-13(19)8-14(20)10-15/h3-11,16,23H,2H2,1H3,(H,21,22). The molecule has 3 aromatic rings. The minimum atomic E-state index is -4.11. The molecule has 0 fully saturated rings. The molecule has 0 spiro atoms. The lowest BCUT2D eigenvalue weighted by Gasteiger charge is -2.15. The number of imidazole rings is 1. The van der Waals surface area contributed by atoms with Crippen LogP contribution in [0.25, 0.3) is 11.3 Å². The molecule has 3 rings (SSSR count). The van der Waals surface area contributed by atoms with E-state index in [-0.39, 0.29) is 0 Å². The van der Waals surface area contributed by atoms with Crippen LogP contribution in [0.3, 0.4) is 0 Å². The van der Waals surface area contributed by atoms with Gasteiger partial charge in [0.05, 0.1) is 22.8 Å². The summed E-state index contributed by atoms with van der Waals surface area (Å²) in [5, 5.41) is 0. The lowest BCUT2D eigenvalue weighted by molar-refractivity contribution is 0.533. The molecular formula is C18H17F2N3O2S. The Bertz CT molecular complexity index is 984. The minimum absolute atomic E-state index is 0.402. The van der Waals surface area contributed by atoms with Crippen molar-refractivity contribution in [2.24, 2.45) is 0 Å². The summed E-state index contributed by atoms with van der Waals surface area (Å²) >= 11 is 0. The van der Waals surface area contributed by atoms with Gasteiger partial charge in [0.1, 0.15) is 17.5 Å². The maximum atomic E-state index is 13.3. The molecular weight excluding hydrogens is 360 g/mol. The van der Waals surface area contributed by atoms with Crippen molar-refractivity contribution in [2.45, 2.75) is 24.3 Å². The fraction of sp³-hybridized carbons (Fsp3) is 0.167. The van der Waals surface area contributed by atoms with Gasteiger partial charge in [-0.1, -0.05) is 37.3 Å². The number of H-pyrrole nitrogens is 1. The van der Waals surface area contributed by atoms with Gasteiger partial charge in [-0.15, -0.1) is 0 Å². The second-order valence-electron chi connectivity index (χ2n) is 5.74. The van der Waals surface area contributed by atoms with Crippen molar-refractivity contribution in [3.05, 3.63) is 72.2 Å². The van der Waals surface area contributed by atoms with Crippen LogP contribution in [0.1, 0.15) is 25.2 Å². The second kappa shape index (κ2) is 7.35. The Kier molecular flexibility index (Phi) is 5.15. The number of hydrogen-bond donors (Lipinski definition) is 2. The number of benzene rings is 2. The SMILES string of the molecule is CCC(NS(=O)(=O)c1cc(F)cc(F)c1)c1ncc(-c2ccccc2)[nH]1. The van der Waals surface area contributed by atoms with Crippen molar-refractivity contribution in [3.8, 4) is 11.3 Å². The quantitative estimate of drug-likeness (QED) is 0.686. The first-order chi connectivity index (χ1) is 12.4. The molecule has 1 aromatic heterocycles. The van der Waals surface area contributed by atoms with E-state index in [9.17, 15) is 17.2 Å². The predicted molar refractivity (Wildman–Crippen MR) is 93.7 cm³/mol. The Morgan fingerprint density at radius 2 is 1.77 bits per heavy atom. The van der Waals surface area contributed by atoms with Crippen LogP contribution in [0.4, 0.5) is 8.78 Å². The van der Waals surface area contributed by atoms with Crippen LogP contribution in [0.2, 0.25) is 0 Å². The fourth-order valence-electron chi connectivity index (χ4n) is 2.55. The van der Waals surface area contributed by atoms with Gasteiger partial charge in [0.25, 0.3) is 0 Å². The van der Waals surface area contributed by atoms with Crippen LogP contribution >= 0.6 is 0 Å². The summed E-state index contributed by atoms with van der Waals surface area (Å²) in [6.45, 7) is 1.78. The third kappa shape index (κ3) is 3.97. The predicted octanol–water partition coefficient (Wildman–Crippen LogP) is 3.78. The molecule has 1 heterocycles. The number of aromatic nitrogens is 2. The van der Waals surface area contributed by atoms with Gasteiger partial charge in [-0.25, -0.2) is 26.9 Å². The highest BCUT2D eigenvalue weighted by Crippen LogP contribution is 2.23. The zero-order valence-corrected chi connectivity index (χ0v) is 14.7. The highest BCUT2D eigenvalue weighted by Gasteiger charge is 2.23. The third-order valence-electron chi connectivity index (χ3n) is 3.86. The average Bonchev–Trinajstić information content (AvgIpc) is 3.09. The monoisotopic (exact) mass is 377 g/mol. The molecule has 0 saturated carbocycles. The molecule has 0 bridgehead atoms. The van der Waals surface area contributed by atoms with Crippen molar-refractivity contribution in [3.63, 3.8) is 0 Å². The lowest BCUT2D eigenvalue weighted by atomic mass is 10.2. The van der Waals surface area contributed by atoms with Crippen LogP contribution in [0.15, 0.2) is 59.6 Å². The van der Waals surface area contributed by atoms with E-state index in [2.05, 4.69) is 14.7 Å². The molecule has 0 aliphatic carbocycles. The second-order valence-corrected chi connectivity index (χ2v) is 7.45. The summed E-state index contributed by atoms with van der Waals surface area (Å²) in [6.07, 6.45) is 2.02. The summed E-state index contributed by atoms with van der Waals surface area (Å²) in [5.41, 5.74) is 1.66. The van der Waals surface area contributed by atoms with E-state index in [1.807, 2.05) is 30.3 Å². The minimum Gasteiger partial charge on any atom is -0.341 e. The van der Waals surface area contributed by atoms with E-state index in [1.165, 1.54) is 0 Å². The molecule has 0 amide bonds. The van der Waals surface area contributed by atoms with Crippen LogP contribution in [0.5, 0.6) is 0 Å². The number of nitrogens with zero attached hydrogens (tertiary/aromatic N) is 1. The molecule has 136 valence electrons. The lowest BCUT2D eigenvalue weighted by Crippen LogP contribution is -2.29. The summed E-state index contributed by atoms with van der Waals surface area (Å²) in [6, 6.07) is 11.0. The molecule has 2 N–H and O–H groups in total. The normalized spacial score (nSPS) is 12.9. The Balaban J connectivity index is 1.87. The Hall–Kier alpha value is -2.58. The zero-order chi connectivity index (χ0) is 18.7. The molecule has 0 saturated heterocycles. The highest BCUT2D eigenvalue weighted by molar-refractivity contribution is 7.89. The first kappa shape index (κ1) is 18.2. The molecule has 8 heteroatoms. The first-order valence-corrected chi connectivity index (χ1v) is 9.46. The van der Waals surface area contributed by atoms with Crippen LogP contribution in [-0.4, -0.2) is 18.4 Å². The Morgan fingerprint density at radius 1 is 1.12 bits per heavy atom. The van der Waals surface area contributed by atoms with E-state index in [0.717, 1.165) is 23.4 Å². The maximum absolute atomic E-state index is 13.3. The molecule has 0 aliphatic rings. The summed E-state index contributed by atoms with van der Waals surface area (Å²) in [5.74, 6) is -1.49. The summed E-state index contributed by atoms with van der Waals surface area (Å²) in [4.78, 5) is 6.87. The van der Waals surface area contributed by atoms with Crippen molar-refractivity contribution in [2.75, 3.05) is 0 Å². The van der Waals surface area contributed by atoms with E-state index in [4.69, 9.17) is 0 Å². The molecule has 26 heavy (non-hydrogen) atoms. The van der Waals surface area contributed by atoms with E-state index < -0.39 is 32.6 Å². The Morgan fingerprint density at radius 3 is 2.38 bits per heavy atom. The zero-order valence-electron chi connectivity index (χ0n) is 13.9. The molecule has 1 unspecified atom stereocenters. The van der Waals surface area contributed by atoms with Crippen molar-refractivity contribution in [1.29, 1.82) is 0 Å². The van der Waals surface area contributed by atoms with Gasteiger partial charge in [0.2, 0.25) is 10.0 Å². The maximum Gasteiger partial charge on any atom is 0.241 e. The van der Waals surface area contributed by atoms with Crippen LogP contribution in [0, 0.1) is 11.6 Å². The first-order valence-electron chi connectivity index (χ1n) is 7.98. The van der Waals surface area contributed by atoms with Gasteiger partial charge in [-0.3, -0.25) is 0 Å². The average molecular weight is 377 g/mol. The number of hydrogen-bond acceptors (Lipinski definition) is 3. The molecule has 0 radical (unpaired) electrons. The molecule has 1 atom stereocenters. The van der Waals surface area contributed by atoms with E-state index in [0.29, 0.717) is 18.3 Å². The smallest absolute Gasteiger partial charge is 0.241 e. The topological polar surface area (TPSA) is 74.8 Å². The number of halogens is 2. The van der Waals surface area contributed by atoms with Crippen LogP contribution in [-0.2, 0) is 10.0 Å². The molecule has 5 nitrogen and oxygen atoms in total. The van der Waals surface area contributed by atoms with Gasteiger partial charge in [0, 0.05) is 6.07 Å². The van der Waals surface area contributed by atoms with E-state index in [1.54, 1.807) is 13.1 Å². The van der Waals surface area contributed by atoms with Gasteiger partial charge in [-0.05, 0) is 24.1 Å². The van der Waals surface area contributed by atoms with Crippen LogP contribution < -0.4 is 4.72 Å². The van der Waals surface area contributed by atoms with Gasteiger partial charge >= 0.3 is 0 Å². The number of rotatable bonds is 6. The van der Waals surface area contributed by atoms with Gasteiger partial charge < -0.3 is 4.98 Å². The third-order valence-corrected chi connectivity index (χ3v) is 5.31. The van der Waals surface area contributed by atoms with Crippen molar-refractivity contribution in [1.82, 2.24) is 14.7 Å². The highest BCUT2D eigenvalue weighted by atomic mass is 32.2. The largest absolute Gasteiger partial charge is 0.341 e. The Labute approximate surface area is 150 Å².